The first-order chi connectivity index (χ1) is 16.8. The Kier molecular flexibility index (Phi) is 5.93. The maximum Gasteiger partial charge on any atom is 0.410 e. The number of aromatic nitrogens is 3. The third-order valence-electron chi connectivity index (χ3n) is 6.10. The van der Waals surface area contributed by atoms with E-state index in [1.54, 1.807) is 4.90 Å². The fraction of sp³-hybridized carbons (Fsp3) is 0.321. The molecule has 0 unspecified atom stereocenters. The minimum absolute atomic E-state index is 0.312. The van der Waals surface area contributed by atoms with E-state index in [2.05, 4.69) is 47.1 Å². The molecule has 4 aromatic rings. The highest BCUT2D eigenvalue weighted by Crippen LogP contribution is 2.29. The molecule has 180 valence electrons. The zero-order chi connectivity index (χ0) is 24.6. The zero-order valence-corrected chi connectivity index (χ0v) is 20.7. The molecule has 0 spiro atoms. The van der Waals surface area contributed by atoms with Gasteiger partial charge < -0.3 is 15.0 Å². The predicted octanol–water partition coefficient (Wildman–Crippen LogP) is 5.63. The van der Waals surface area contributed by atoms with Gasteiger partial charge in [-0.1, -0.05) is 48.5 Å². The molecule has 1 amide bonds. The van der Waals surface area contributed by atoms with Crippen molar-refractivity contribution < 1.29 is 9.53 Å². The van der Waals surface area contributed by atoms with Crippen molar-refractivity contribution in [1.29, 1.82) is 0 Å². The van der Waals surface area contributed by atoms with E-state index in [9.17, 15) is 4.79 Å². The molecule has 2 aromatic carbocycles. The lowest BCUT2D eigenvalue weighted by molar-refractivity contribution is 0.0223. The third kappa shape index (κ3) is 4.85. The second-order valence-corrected chi connectivity index (χ2v) is 9.97. The Morgan fingerprint density at radius 3 is 2.57 bits per heavy atom. The summed E-state index contributed by atoms with van der Waals surface area (Å²) >= 11 is 0. The molecule has 2 aromatic heterocycles. The molecular formula is C28H31N5O2. The van der Waals surface area contributed by atoms with Crippen molar-refractivity contribution in [3.63, 3.8) is 0 Å². The molecule has 7 nitrogen and oxygen atoms in total. The van der Waals surface area contributed by atoms with Crippen LogP contribution < -0.4 is 5.32 Å². The molecule has 1 aliphatic rings. The molecule has 1 N–H and O–H groups in total. The number of anilines is 1. The number of nitrogens with zero attached hydrogens (tertiary/aromatic N) is 4. The van der Waals surface area contributed by atoms with Crippen molar-refractivity contribution in [2.45, 2.75) is 52.8 Å². The Morgan fingerprint density at radius 2 is 1.80 bits per heavy atom. The summed E-state index contributed by atoms with van der Waals surface area (Å²) in [5, 5.41) is 4.68. The SMILES string of the molecule is Cc1cc2ccccc2n1-c1nc2c(c(NCc3ccccc3)n1)CN(C(=O)OC(C)(C)C)CC2. The minimum Gasteiger partial charge on any atom is -0.444 e. The van der Waals surface area contributed by atoms with Crippen molar-refractivity contribution >= 4 is 22.8 Å². The number of carbonyl (C=O) groups is 1. The zero-order valence-electron chi connectivity index (χ0n) is 20.7. The standard InChI is InChI=1S/C28H31N5O2/c1-19-16-21-12-8-9-13-24(21)33(19)26-30-23-14-15-32(27(34)35-28(2,3)4)18-22(23)25(31-26)29-17-20-10-6-5-7-11-20/h5-13,16H,14-15,17-18H2,1-4H3,(H,29,30,31). The number of amides is 1. The van der Waals surface area contributed by atoms with Gasteiger partial charge in [0.15, 0.2) is 0 Å². The fourth-order valence-electron chi connectivity index (χ4n) is 4.47. The summed E-state index contributed by atoms with van der Waals surface area (Å²) in [6.07, 6.45) is 0.330. The van der Waals surface area contributed by atoms with Gasteiger partial charge in [-0.2, -0.15) is 4.98 Å². The summed E-state index contributed by atoms with van der Waals surface area (Å²) in [7, 11) is 0. The quantitative estimate of drug-likeness (QED) is 0.419. The molecule has 0 aliphatic carbocycles. The lowest BCUT2D eigenvalue weighted by atomic mass is 10.1. The number of hydrogen-bond donors (Lipinski definition) is 1. The molecule has 0 fully saturated rings. The number of nitrogens with one attached hydrogen (secondary N) is 1. The average Bonchev–Trinajstić information content (AvgIpc) is 3.17. The van der Waals surface area contributed by atoms with Crippen LogP contribution in [0, 0.1) is 6.92 Å². The van der Waals surface area contributed by atoms with E-state index in [0.29, 0.717) is 32.0 Å². The second kappa shape index (κ2) is 9.06. The third-order valence-corrected chi connectivity index (χ3v) is 6.10. The Morgan fingerprint density at radius 1 is 1.06 bits per heavy atom. The first-order valence-corrected chi connectivity index (χ1v) is 12.0. The van der Waals surface area contributed by atoms with Gasteiger partial charge in [-0.25, -0.2) is 9.78 Å². The number of benzene rings is 2. The van der Waals surface area contributed by atoms with Crippen molar-refractivity contribution in [3.05, 3.63) is 83.2 Å². The van der Waals surface area contributed by atoms with Crippen LogP contribution in [0.25, 0.3) is 16.9 Å². The van der Waals surface area contributed by atoms with E-state index in [1.807, 2.05) is 51.1 Å². The van der Waals surface area contributed by atoms with Gasteiger partial charge in [-0.3, -0.25) is 4.57 Å². The first-order valence-electron chi connectivity index (χ1n) is 12.0. The molecule has 35 heavy (non-hydrogen) atoms. The largest absolute Gasteiger partial charge is 0.444 e. The Balaban J connectivity index is 1.54. The second-order valence-electron chi connectivity index (χ2n) is 9.97. The van der Waals surface area contributed by atoms with Gasteiger partial charge in [-0.05, 0) is 45.4 Å². The van der Waals surface area contributed by atoms with Crippen LogP contribution in [-0.4, -0.2) is 37.7 Å². The number of ether oxygens (including phenoxy) is 1. The van der Waals surface area contributed by atoms with E-state index >= 15 is 0 Å². The van der Waals surface area contributed by atoms with Crippen LogP contribution in [0.1, 0.15) is 43.3 Å². The number of para-hydroxylation sites is 1. The maximum atomic E-state index is 12.8. The average molecular weight is 470 g/mol. The molecule has 1 aliphatic heterocycles. The number of aryl methyl sites for hydroxylation is 1. The van der Waals surface area contributed by atoms with E-state index in [-0.39, 0.29) is 6.09 Å². The van der Waals surface area contributed by atoms with Gasteiger partial charge >= 0.3 is 6.09 Å². The molecule has 3 heterocycles. The normalized spacial score (nSPS) is 13.5. The van der Waals surface area contributed by atoms with Crippen LogP contribution in [0.2, 0.25) is 0 Å². The van der Waals surface area contributed by atoms with Gasteiger partial charge in [0.25, 0.3) is 0 Å². The van der Waals surface area contributed by atoms with E-state index < -0.39 is 5.60 Å². The molecular weight excluding hydrogens is 438 g/mol. The number of hydrogen-bond acceptors (Lipinski definition) is 5. The highest BCUT2D eigenvalue weighted by atomic mass is 16.6. The number of carbonyl (C=O) groups excluding carboxylic acids is 1. The molecule has 7 heteroatoms. The van der Waals surface area contributed by atoms with E-state index in [0.717, 1.165) is 39.2 Å². The van der Waals surface area contributed by atoms with Gasteiger partial charge in [0, 0.05) is 36.2 Å². The minimum atomic E-state index is -0.543. The monoisotopic (exact) mass is 469 g/mol. The predicted molar refractivity (Wildman–Crippen MR) is 138 cm³/mol. The molecule has 0 atom stereocenters. The van der Waals surface area contributed by atoms with E-state index in [1.165, 1.54) is 0 Å². The number of rotatable bonds is 4. The molecule has 0 bridgehead atoms. The first kappa shape index (κ1) is 22.9. The Bertz CT molecular complexity index is 1370. The van der Waals surface area contributed by atoms with Crippen molar-refractivity contribution in [1.82, 2.24) is 19.4 Å². The highest BCUT2D eigenvalue weighted by molar-refractivity contribution is 5.82. The van der Waals surface area contributed by atoms with Crippen LogP contribution in [0.15, 0.2) is 60.7 Å². The fourth-order valence-corrected chi connectivity index (χ4v) is 4.47. The Hall–Kier alpha value is -3.87. The summed E-state index contributed by atoms with van der Waals surface area (Å²) in [6.45, 7) is 9.32. The molecule has 0 radical (unpaired) electrons. The molecule has 0 saturated heterocycles. The van der Waals surface area contributed by atoms with Crippen LogP contribution in [0.5, 0.6) is 0 Å². The van der Waals surface area contributed by atoms with Gasteiger partial charge in [0.2, 0.25) is 5.95 Å². The van der Waals surface area contributed by atoms with E-state index in [4.69, 9.17) is 14.7 Å². The highest BCUT2D eigenvalue weighted by Gasteiger charge is 2.29. The summed E-state index contributed by atoms with van der Waals surface area (Å²) in [5.41, 5.74) is 4.66. The van der Waals surface area contributed by atoms with Gasteiger partial charge in [0.1, 0.15) is 11.4 Å². The van der Waals surface area contributed by atoms with Crippen molar-refractivity contribution in [3.8, 4) is 5.95 Å². The lowest BCUT2D eigenvalue weighted by Gasteiger charge is -2.31. The van der Waals surface area contributed by atoms with Crippen LogP contribution in [-0.2, 0) is 24.2 Å². The molecule has 0 saturated carbocycles. The van der Waals surface area contributed by atoms with Crippen LogP contribution in [0.4, 0.5) is 10.6 Å². The van der Waals surface area contributed by atoms with Gasteiger partial charge in [-0.15, -0.1) is 0 Å². The van der Waals surface area contributed by atoms with Crippen molar-refractivity contribution in [2.24, 2.45) is 0 Å². The number of fused-ring (bicyclic) bond motifs is 2. The summed E-state index contributed by atoms with van der Waals surface area (Å²) in [6, 6.07) is 20.6. The smallest absolute Gasteiger partial charge is 0.410 e. The molecule has 5 rings (SSSR count). The summed E-state index contributed by atoms with van der Waals surface area (Å²) < 4.78 is 7.73. The summed E-state index contributed by atoms with van der Waals surface area (Å²) in [5.74, 6) is 1.39. The van der Waals surface area contributed by atoms with Crippen LogP contribution >= 0.6 is 0 Å². The topological polar surface area (TPSA) is 72.3 Å². The lowest BCUT2D eigenvalue weighted by Crippen LogP contribution is -2.40. The Labute approximate surface area is 205 Å². The van der Waals surface area contributed by atoms with Crippen molar-refractivity contribution in [2.75, 3.05) is 11.9 Å². The summed E-state index contributed by atoms with van der Waals surface area (Å²) in [4.78, 5) is 24.5. The van der Waals surface area contributed by atoms with Gasteiger partial charge in [0.05, 0.1) is 17.8 Å². The maximum absolute atomic E-state index is 12.8. The van der Waals surface area contributed by atoms with Crippen LogP contribution in [0.3, 0.4) is 0 Å².